The Morgan fingerprint density at radius 1 is 1.09 bits per heavy atom. The Morgan fingerprint density at radius 3 is 2.46 bits per heavy atom. The van der Waals surface area contributed by atoms with Crippen molar-refractivity contribution in [1.82, 2.24) is 9.78 Å². The van der Waals surface area contributed by atoms with Crippen LogP contribution in [0.15, 0.2) is 77.6 Å². The van der Waals surface area contributed by atoms with E-state index in [0.717, 1.165) is 6.07 Å². The molecule has 0 saturated heterocycles. The monoisotopic (exact) mass is 490 g/mol. The van der Waals surface area contributed by atoms with E-state index in [-0.39, 0.29) is 33.8 Å². The molecule has 10 heteroatoms. The second-order valence-corrected chi connectivity index (χ2v) is 7.96. The molecule has 0 aliphatic rings. The standard InChI is InChI=1S/C25H19ClN4O5/c1-15-23(31)22(16-9-11-21(35-2)12-10-16)24(29(28-15)19-7-4-6-18(26)14-19)27-25(32)17-5-3-8-20(13-17)30(33)34/h3-14H,1-2H3,(H,27,32). The summed E-state index contributed by atoms with van der Waals surface area (Å²) in [6.45, 7) is 1.57. The maximum absolute atomic E-state index is 13.3. The Hall–Kier alpha value is -4.50. The molecular formula is C25H19ClN4O5. The first-order valence-electron chi connectivity index (χ1n) is 10.4. The van der Waals surface area contributed by atoms with Gasteiger partial charge in [0.2, 0.25) is 5.43 Å². The van der Waals surface area contributed by atoms with Gasteiger partial charge < -0.3 is 10.1 Å². The number of aromatic nitrogens is 2. The number of benzene rings is 3. The highest BCUT2D eigenvalue weighted by molar-refractivity contribution is 6.30. The summed E-state index contributed by atoms with van der Waals surface area (Å²) >= 11 is 6.19. The summed E-state index contributed by atoms with van der Waals surface area (Å²) in [5, 5.41) is 18.7. The quantitative estimate of drug-likeness (QED) is 0.299. The van der Waals surface area contributed by atoms with Gasteiger partial charge in [0.25, 0.3) is 11.6 Å². The molecule has 1 N–H and O–H groups in total. The maximum atomic E-state index is 13.3. The third kappa shape index (κ3) is 4.90. The van der Waals surface area contributed by atoms with Crippen LogP contribution in [0.3, 0.4) is 0 Å². The Balaban J connectivity index is 1.94. The fourth-order valence-corrected chi connectivity index (χ4v) is 3.70. The van der Waals surface area contributed by atoms with Crippen LogP contribution in [0, 0.1) is 17.0 Å². The predicted octanol–water partition coefficient (Wildman–Crippen LogP) is 5.03. The molecule has 0 unspecified atom stereocenters. The number of methoxy groups -OCH3 is 1. The van der Waals surface area contributed by atoms with Crippen molar-refractivity contribution in [2.24, 2.45) is 0 Å². The van der Waals surface area contributed by atoms with Crippen LogP contribution in [-0.2, 0) is 0 Å². The zero-order valence-electron chi connectivity index (χ0n) is 18.7. The molecule has 0 atom stereocenters. The second kappa shape index (κ2) is 9.78. The number of aryl methyl sites for hydroxylation is 1. The summed E-state index contributed by atoms with van der Waals surface area (Å²) in [4.78, 5) is 37.1. The fourth-order valence-electron chi connectivity index (χ4n) is 3.52. The Labute approximate surface area is 204 Å². The highest BCUT2D eigenvalue weighted by Crippen LogP contribution is 2.30. The highest BCUT2D eigenvalue weighted by Gasteiger charge is 2.22. The zero-order valence-corrected chi connectivity index (χ0v) is 19.4. The van der Waals surface area contributed by atoms with Crippen molar-refractivity contribution in [3.8, 4) is 22.6 Å². The molecule has 9 nitrogen and oxygen atoms in total. The minimum Gasteiger partial charge on any atom is -0.497 e. The third-order valence-corrected chi connectivity index (χ3v) is 5.47. The molecule has 0 saturated carbocycles. The highest BCUT2D eigenvalue weighted by atomic mass is 35.5. The van der Waals surface area contributed by atoms with Gasteiger partial charge in [0.1, 0.15) is 17.3 Å². The van der Waals surface area contributed by atoms with Gasteiger partial charge >= 0.3 is 0 Å². The summed E-state index contributed by atoms with van der Waals surface area (Å²) in [7, 11) is 1.53. The number of ether oxygens (including phenoxy) is 1. The van der Waals surface area contributed by atoms with Crippen LogP contribution < -0.4 is 15.5 Å². The number of nitro groups is 1. The van der Waals surface area contributed by atoms with Gasteiger partial charge in [-0.15, -0.1) is 0 Å². The van der Waals surface area contributed by atoms with Crippen molar-refractivity contribution in [2.75, 3.05) is 12.4 Å². The number of halogens is 1. The number of nitrogens with zero attached hydrogens (tertiary/aromatic N) is 3. The predicted molar refractivity (Wildman–Crippen MR) is 133 cm³/mol. The van der Waals surface area contributed by atoms with Crippen LogP contribution in [0.5, 0.6) is 5.75 Å². The number of non-ortho nitro benzene ring substituents is 1. The summed E-state index contributed by atoms with van der Waals surface area (Å²) < 4.78 is 6.63. The van der Waals surface area contributed by atoms with Gasteiger partial charge in [-0.3, -0.25) is 19.7 Å². The van der Waals surface area contributed by atoms with Gasteiger partial charge in [-0.1, -0.05) is 35.9 Å². The molecule has 0 fully saturated rings. The van der Waals surface area contributed by atoms with E-state index in [0.29, 0.717) is 22.0 Å². The average molecular weight is 491 g/mol. The topological polar surface area (TPSA) is 116 Å². The van der Waals surface area contributed by atoms with Crippen molar-refractivity contribution in [2.45, 2.75) is 6.92 Å². The fraction of sp³-hybridized carbons (Fsp3) is 0.0800. The normalized spacial score (nSPS) is 10.6. The molecule has 35 heavy (non-hydrogen) atoms. The Bertz CT molecular complexity index is 1500. The lowest BCUT2D eigenvalue weighted by Gasteiger charge is -2.18. The average Bonchev–Trinajstić information content (AvgIpc) is 2.86. The Kier molecular flexibility index (Phi) is 6.61. The molecule has 4 rings (SSSR count). The molecule has 3 aromatic carbocycles. The van der Waals surface area contributed by atoms with Gasteiger partial charge in [0, 0.05) is 22.7 Å². The molecule has 0 aliphatic carbocycles. The van der Waals surface area contributed by atoms with Crippen LogP contribution in [-0.4, -0.2) is 27.7 Å². The van der Waals surface area contributed by atoms with Crippen molar-refractivity contribution in [3.05, 3.63) is 109 Å². The van der Waals surface area contributed by atoms with E-state index >= 15 is 0 Å². The van der Waals surface area contributed by atoms with Crippen LogP contribution in [0.4, 0.5) is 11.5 Å². The van der Waals surface area contributed by atoms with Crippen LogP contribution in [0.25, 0.3) is 16.8 Å². The molecule has 0 radical (unpaired) electrons. The summed E-state index contributed by atoms with van der Waals surface area (Å²) in [6.07, 6.45) is 0. The number of nitro benzene ring substituents is 1. The molecule has 0 aliphatic heterocycles. The SMILES string of the molecule is COc1ccc(-c2c(NC(=O)c3cccc([N+](=O)[O-])c3)n(-c3cccc(Cl)c3)nc(C)c2=O)cc1. The first kappa shape index (κ1) is 23.7. The number of hydrogen-bond acceptors (Lipinski definition) is 6. The van der Waals surface area contributed by atoms with Crippen LogP contribution >= 0.6 is 11.6 Å². The van der Waals surface area contributed by atoms with E-state index in [1.165, 1.54) is 30.0 Å². The van der Waals surface area contributed by atoms with Gasteiger partial charge in [-0.25, -0.2) is 4.68 Å². The van der Waals surface area contributed by atoms with Crippen molar-refractivity contribution in [1.29, 1.82) is 0 Å². The number of anilines is 1. The van der Waals surface area contributed by atoms with Gasteiger partial charge in [-0.05, 0) is 48.9 Å². The number of rotatable bonds is 6. The van der Waals surface area contributed by atoms with E-state index in [1.54, 1.807) is 55.5 Å². The van der Waals surface area contributed by atoms with Crippen molar-refractivity contribution in [3.63, 3.8) is 0 Å². The number of carbonyl (C=O) groups excluding carboxylic acids is 1. The summed E-state index contributed by atoms with van der Waals surface area (Å²) in [5.74, 6) is 0.0331. The summed E-state index contributed by atoms with van der Waals surface area (Å²) in [5.41, 5.74) is 0.842. The number of hydrogen-bond donors (Lipinski definition) is 1. The third-order valence-electron chi connectivity index (χ3n) is 5.24. The molecule has 0 bridgehead atoms. The lowest BCUT2D eigenvalue weighted by Crippen LogP contribution is -2.25. The van der Waals surface area contributed by atoms with E-state index in [2.05, 4.69) is 10.4 Å². The van der Waals surface area contributed by atoms with Gasteiger partial charge in [-0.2, -0.15) is 5.10 Å². The zero-order chi connectivity index (χ0) is 25.1. The molecule has 1 aromatic heterocycles. The van der Waals surface area contributed by atoms with Crippen molar-refractivity contribution >= 4 is 29.0 Å². The van der Waals surface area contributed by atoms with Crippen molar-refractivity contribution < 1.29 is 14.5 Å². The van der Waals surface area contributed by atoms with E-state index in [1.807, 2.05) is 0 Å². The molecule has 4 aromatic rings. The van der Waals surface area contributed by atoms with E-state index in [9.17, 15) is 19.7 Å². The minimum absolute atomic E-state index is 0.0468. The maximum Gasteiger partial charge on any atom is 0.270 e. The molecular weight excluding hydrogens is 472 g/mol. The lowest BCUT2D eigenvalue weighted by atomic mass is 10.0. The second-order valence-electron chi connectivity index (χ2n) is 7.52. The minimum atomic E-state index is -0.649. The molecule has 1 amide bonds. The number of nitrogens with one attached hydrogen (secondary N) is 1. The first-order chi connectivity index (χ1) is 16.8. The molecule has 1 heterocycles. The molecule has 176 valence electrons. The van der Waals surface area contributed by atoms with Gasteiger partial charge in [0.15, 0.2) is 0 Å². The number of carbonyl (C=O) groups is 1. The van der Waals surface area contributed by atoms with Crippen LogP contribution in [0.1, 0.15) is 16.1 Å². The lowest BCUT2D eigenvalue weighted by molar-refractivity contribution is -0.384. The summed E-state index contributed by atoms with van der Waals surface area (Å²) in [6, 6.07) is 18.8. The number of amides is 1. The largest absolute Gasteiger partial charge is 0.497 e. The first-order valence-corrected chi connectivity index (χ1v) is 10.8. The van der Waals surface area contributed by atoms with E-state index < -0.39 is 10.8 Å². The van der Waals surface area contributed by atoms with Gasteiger partial charge in [0.05, 0.1) is 23.3 Å². The van der Waals surface area contributed by atoms with Crippen LogP contribution in [0.2, 0.25) is 5.02 Å². The van der Waals surface area contributed by atoms with E-state index in [4.69, 9.17) is 16.3 Å². The molecule has 0 spiro atoms. The smallest absolute Gasteiger partial charge is 0.270 e. The Morgan fingerprint density at radius 2 is 1.80 bits per heavy atom.